The van der Waals surface area contributed by atoms with Crippen LogP contribution in [-0.2, 0) is 0 Å². The lowest BCUT2D eigenvalue weighted by atomic mass is 10.1. The number of hydrogen-bond donors (Lipinski definition) is 2. The maximum absolute atomic E-state index is 10.3. The quantitative estimate of drug-likeness (QED) is 0.778. The number of halogens is 1. The maximum atomic E-state index is 10.3. The van der Waals surface area contributed by atoms with Gasteiger partial charge in [-0.15, -0.1) is 0 Å². The van der Waals surface area contributed by atoms with Crippen LogP contribution in [0.3, 0.4) is 0 Å². The Hall–Kier alpha value is -0.580. The molecule has 1 aromatic carbocycles. The van der Waals surface area contributed by atoms with Crippen LogP contribution in [0, 0.1) is 0 Å². The average molecular weight is 356 g/mol. The SMILES string of the molecule is CCNC(C)c1ccc(Br)cc1OC1CCCCCC1O. The lowest BCUT2D eigenvalue weighted by Gasteiger charge is -2.25. The van der Waals surface area contributed by atoms with Gasteiger partial charge < -0.3 is 15.2 Å². The molecule has 4 heteroatoms. The second-order valence-corrected chi connectivity index (χ2v) is 6.74. The number of aliphatic hydroxyl groups is 1. The Morgan fingerprint density at radius 2 is 2.10 bits per heavy atom. The highest BCUT2D eigenvalue weighted by atomic mass is 79.9. The number of aliphatic hydroxyl groups excluding tert-OH is 1. The minimum atomic E-state index is -0.353. The summed E-state index contributed by atoms with van der Waals surface area (Å²) in [5.74, 6) is 0.878. The van der Waals surface area contributed by atoms with E-state index in [0.717, 1.165) is 48.0 Å². The van der Waals surface area contributed by atoms with Crippen molar-refractivity contribution in [1.29, 1.82) is 0 Å². The Morgan fingerprint density at radius 1 is 1.33 bits per heavy atom. The molecule has 1 saturated carbocycles. The van der Waals surface area contributed by atoms with E-state index in [1.807, 2.05) is 12.1 Å². The monoisotopic (exact) mass is 355 g/mol. The van der Waals surface area contributed by atoms with Gasteiger partial charge in [0.05, 0.1) is 6.10 Å². The minimum Gasteiger partial charge on any atom is -0.487 e. The lowest BCUT2D eigenvalue weighted by molar-refractivity contribution is 0.0311. The van der Waals surface area contributed by atoms with E-state index in [2.05, 4.69) is 41.2 Å². The molecule has 2 N–H and O–H groups in total. The Labute approximate surface area is 136 Å². The van der Waals surface area contributed by atoms with Gasteiger partial charge in [-0.1, -0.05) is 41.8 Å². The predicted molar refractivity (Wildman–Crippen MR) is 89.7 cm³/mol. The molecule has 0 spiro atoms. The molecule has 0 radical (unpaired) electrons. The number of nitrogens with one attached hydrogen (secondary N) is 1. The molecule has 2 rings (SSSR count). The molecular formula is C17H26BrNO2. The van der Waals surface area contributed by atoms with Crippen molar-refractivity contribution in [3.63, 3.8) is 0 Å². The summed E-state index contributed by atoms with van der Waals surface area (Å²) >= 11 is 3.52. The van der Waals surface area contributed by atoms with E-state index < -0.39 is 0 Å². The van der Waals surface area contributed by atoms with Crippen LogP contribution in [0.15, 0.2) is 22.7 Å². The minimum absolute atomic E-state index is 0.0885. The van der Waals surface area contributed by atoms with Crippen molar-refractivity contribution in [1.82, 2.24) is 5.32 Å². The van der Waals surface area contributed by atoms with E-state index in [-0.39, 0.29) is 18.2 Å². The number of benzene rings is 1. The van der Waals surface area contributed by atoms with Gasteiger partial charge in [0.2, 0.25) is 0 Å². The highest BCUT2D eigenvalue weighted by Gasteiger charge is 2.24. The molecule has 1 aliphatic rings. The van der Waals surface area contributed by atoms with E-state index >= 15 is 0 Å². The summed E-state index contributed by atoms with van der Waals surface area (Å²) in [6, 6.07) is 6.39. The van der Waals surface area contributed by atoms with Crippen LogP contribution in [0.5, 0.6) is 5.75 Å². The summed E-state index contributed by atoms with van der Waals surface area (Å²) in [6.45, 7) is 5.16. The molecule has 0 aliphatic heterocycles. The molecule has 0 bridgehead atoms. The normalized spacial score (nSPS) is 24.4. The van der Waals surface area contributed by atoms with E-state index in [0.29, 0.717) is 0 Å². The Balaban J connectivity index is 2.18. The third-order valence-electron chi connectivity index (χ3n) is 4.15. The van der Waals surface area contributed by atoms with Crippen molar-refractivity contribution in [2.75, 3.05) is 6.54 Å². The molecule has 3 unspecified atom stereocenters. The van der Waals surface area contributed by atoms with Crippen molar-refractivity contribution in [2.24, 2.45) is 0 Å². The van der Waals surface area contributed by atoms with Gasteiger partial charge in [-0.05, 0) is 44.9 Å². The van der Waals surface area contributed by atoms with Crippen LogP contribution < -0.4 is 10.1 Å². The fraction of sp³-hybridized carbons (Fsp3) is 0.647. The molecule has 3 atom stereocenters. The van der Waals surface area contributed by atoms with Gasteiger partial charge in [0, 0.05) is 16.1 Å². The highest BCUT2D eigenvalue weighted by Crippen LogP contribution is 2.32. The molecule has 0 saturated heterocycles. The van der Waals surface area contributed by atoms with Crippen molar-refractivity contribution in [3.8, 4) is 5.75 Å². The number of ether oxygens (including phenoxy) is 1. The summed E-state index contributed by atoms with van der Waals surface area (Å²) in [4.78, 5) is 0. The van der Waals surface area contributed by atoms with Crippen molar-refractivity contribution in [2.45, 2.75) is 64.2 Å². The molecule has 0 aromatic heterocycles. The van der Waals surface area contributed by atoms with Gasteiger partial charge in [0.15, 0.2) is 0 Å². The predicted octanol–water partition coefficient (Wildman–Crippen LogP) is 4.19. The van der Waals surface area contributed by atoms with Crippen LogP contribution >= 0.6 is 15.9 Å². The average Bonchev–Trinajstić information content (AvgIpc) is 2.64. The van der Waals surface area contributed by atoms with Crippen LogP contribution in [0.2, 0.25) is 0 Å². The van der Waals surface area contributed by atoms with Gasteiger partial charge >= 0.3 is 0 Å². The Morgan fingerprint density at radius 3 is 2.86 bits per heavy atom. The standard InChI is InChI=1S/C17H26BrNO2/c1-3-19-12(2)14-10-9-13(18)11-17(14)21-16-8-6-4-5-7-15(16)20/h9-12,15-16,19-20H,3-8H2,1-2H3. The first-order chi connectivity index (χ1) is 10.1. The topological polar surface area (TPSA) is 41.5 Å². The Kier molecular flexibility index (Phi) is 6.52. The fourth-order valence-electron chi connectivity index (χ4n) is 2.94. The van der Waals surface area contributed by atoms with E-state index in [4.69, 9.17) is 4.74 Å². The molecule has 1 aromatic rings. The van der Waals surface area contributed by atoms with Crippen LogP contribution in [-0.4, -0.2) is 23.9 Å². The van der Waals surface area contributed by atoms with Gasteiger partial charge in [-0.25, -0.2) is 0 Å². The summed E-state index contributed by atoms with van der Waals surface area (Å²) < 4.78 is 7.21. The van der Waals surface area contributed by atoms with Gasteiger partial charge in [-0.3, -0.25) is 0 Å². The molecule has 118 valence electrons. The van der Waals surface area contributed by atoms with Crippen LogP contribution in [0.25, 0.3) is 0 Å². The van der Waals surface area contributed by atoms with Crippen molar-refractivity contribution >= 4 is 15.9 Å². The summed E-state index contributed by atoms with van der Waals surface area (Å²) in [5, 5.41) is 13.7. The van der Waals surface area contributed by atoms with E-state index in [1.54, 1.807) is 0 Å². The van der Waals surface area contributed by atoms with Crippen LogP contribution in [0.4, 0.5) is 0 Å². The second-order valence-electron chi connectivity index (χ2n) is 5.82. The third-order valence-corrected chi connectivity index (χ3v) is 4.64. The zero-order valence-electron chi connectivity index (χ0n) is 12.9. The second kappa shape index (κ2) is 8.16. The first kappa shape index (κ1) is 16.8. The molecule has 0 amide bonds. The van der Waals surface area contributed by atoms with E-state index in [9.17, 15) is 5.11 Å². The van der Waals surface area contributed by atoms with Crippen molar-refractivity contribution < 1.29 is 9.84 Å². The fourth-order valence-corrected chi connectivity index (χ4v) is 3.28. The third kappa shape index (κ3) is 4.70. The summed E-state index contributed by atoms with van der Waals surface area (Å²) in [7, 11) is 0. The number of hydrogen-bond acceptors (Lipinski definition) is 3. The first-order valence-corrected chi connectivity index (χ1v) is 8.78. The molecule has 21 heavy (non-hydrogen) atoms. The molecule has 3 nitrogen and oxygen atoms in total. The van der Waals surface area contributed by atoms with Gasteiger partial charge in [0.25, 0.3) is 0 Å². The van der Waals surface area contributed by atoms with E-state index in [1.165, 1.54) is 6.42 Å². The molecular weight excluding hydrogens is 330 g/mol. The molecule has 1 aliphatic carbocycles. The van der Waals surface area contributed by atoms with Crippen molar-refractivity contribution in [3.05, 3.63) is 28.2 Å². The Bertz CT molecular complexity index is 452. The number of rotatable bonds is 5. The largest absolute Gasteiger partial charge is 0.487 e. The zero-order chi connectivity index (χ0) is 15.2. The van der Waals surface area contributed by atoms with Gasteiger partial charge in [-0.2, -0.15) is 0 Å². The maximum Gasteiger partial charge on any atom is 0.125 e. The van der Waals surface area contributed by atoms with Gasteiger partial charge in [0.1, 0.15) is 11.9 Å². The van der Waals surface area contributed by atoms with Crippen LogP contribution in [0.1, 0.15) is 57.6 Å². The summed E-state index contributed by atoms with van der Waals surface area (Å²) in [6.07, 6.45) is 4.76. The smallest absolute Gasteiger partial charge is 0.125 e. The first-order valence-electron chi connectivity index (χ1n) is 7.99. The zero-order valence-corrected chi connectivity index (χ0v) is 14.5. The summed E-state index contributed by atoms with van der Waals surface area (Å²) in [5.41, 5.74) is 1.15. The molecule has 1 fully saturated rings. The molecule has 0 heterocycles. The highest BCUT2D eigenvalue weighted by molar-refractivity contribution is 9.10. The lowest BCUT2D eigenvalue weighted by Crippen LogP contribution is -2.31.